The first kappa shape index (κ1) is 16.1. The zero-order chi connectivity index (χ0) is 15.8. The average Bonchev–Trinajstić information content (AvgIpc) is 2.67. The maximum Gasteiger partial charge on any atom is 0.287 e. The topological polar surface area (TPSA) is 110 Å². The Morgan fingerprint density at radius 1 is 1.43 bits per heavy atom. The van der Waals surface area contributed by atoms with Crippen molar-refractivity contribution in [2.24, 2.45) is 4.40 Å². The predicted molar refractivity (Wildman–Crippen MR) is 81.3 cm³/mol. The Morgan fingerprint density at radius 3 is 2.67 bits per heavy atom. The molecule has 1 aromatic heterocycles. The molecule has 0 saturated heterocycles. The standard InChI is InChI=1S/C11H14N2O5S3/c1-7(14)5-9-12-11-10(21(17,18)13-9)8(6-19-11)3-4-20(2,15)16/h6H,3-5H2,1-2H3,(H,12,13). The smallest absolute Gasteiger partial charge is 0.287 e. The zero-order valence-corrected chi connectivity index (χ0v) is 13.9. The van der Waals surface area contributed by atoms with Gasteiger partial charge in [-0.05, 0) is 24.3 Å². The third kappa shape index (κ3) is 3.89. The first-order chi connectivity index (χ1) is 9.58. The third-order valence-corrected chi connectivity index (χ3v) is 6.18. The largest absolute Gasteiger partial charge is 0.333 e. The lowest BCUT2D eigenvalue weighted by Gasteiger charge is -2.15. The number of nitrogens with one attached hydrogen (secondary N) is 1. The Morgan fingerprint density at radius 2 is 2.10 bits per heavy atom. The number of nitrogens with zero attached hydrogens (tertiary/aromatic N) is 1. The fourth-order valence-electron chi connectivity index (χ4n) is 1.88. The number of rotatable bonds is 5. The molecule has 2 rings (SSSR count). The Labute approximate surface area is 127 Å². The third-order valence-electron chi connectivity index (χ3n) is 2.72. The molecule has 0 bridgehead atoms. The maximum absolute atomic E-state index is 12.2. The summed E-state index contributed by atoms with van der Waals surface area (Å²) in [6.07, 6.45) is 1.13. The molecule has 0 spiro atoms. The van der Waals surface area contributed by atoms with Crippen LogP contribution in [0.4, 0.5) is 5.00 Å². The maximum atomic E-state index is 12.2. The lowest BCUT2D eigenvalue weighted by Crippen LogP contribution is -2.23. The molecule has 1 aliphatic heterocycles. The van der Waals surface area contributed by atoms with Crippen molar-refractivity contribution in [3.63, 3.8) is 0 Å². The molecule has 0 aromatic carbocycles. The number of carbonyl (C=O) groups excluding carboxylic acids is 1. The summed E-state index contributed by atoms with van der Waals surface area (Å²) in [6, 6.07) is 0. The van der Waals surface area contributed by atoms with E-state index in [9.17, 15) is 21.6 Å². The van der Waals surface area contributed by atoms with E-state index in [1.807, 2.05) is 0 Å². The first-order valence-electron chi connectivity index (χ1n) is 5.97. The summed E-state index contributed by atoms with van der Waals surface area (Å²) in [7, 11) is -7.08. The van der Waals surface area contributed by atoms with Gasteiger partial charge in [-0.15, -0.1) is 15.7 Å². The molecular formula is C11H14N2O5S3. The van der Waals surface area contributed by atoms with Crippen molar-refractivity contribution < 1.29 is 21.6 Å². The number of sulfone groups is 1. The Balaban J connectivity index is 2.35. The number of carbonyl (C=O) groups is 1. The van der Waals surface area contributed by atoms with E-state index in [4.69, 9.17) is 0 Å². The van der Waals surface area contributed by atoms with E-state index in [1.54, 1.807) is 5.38 Å². The van der Waals surface area contributed by atoms with Crippen LogP contribution in [0.2, 0.25) is 0 Å². The molecule has 116 valence electrons. The lowest BCUT2D eigenvalue weighted by atomic mass is 10.2. The number of fused-ring (bicyclic) bond motifs is 1. The van der Waals surface area contributed by atoms with Crippen molar-refractivity contribution in [1.82, 2.24) is 0 Å². The molecule has 10 heteroatoms. The van der Waals surface area contributed by atoms with Crippen LogP contribution in [0.5, 0.6) is 0 Å². The monoisotopic (exact) mass is 350 g/mol. The highest BCUT2D eigenvalue weighted by atomic mass is 32.2. The highest BCUT2D eigenvalue weighted by Crippen LogP contribution is 2.37. The molecule has 0 unspecified atom stereocenters. The van der Waals surface area contributed by atoms with E-state index < -0.39 is 19.9 Å². The molecule has 1 N–H and O–H groups in total. The molecule has 1 aliphatic rings. The molecular weight excluding hydrogens is 336 g/mol. The van der Waals surface area contributed by atoms with Gasteiger partial charge in [-0.1, -0.05) is 0 Å². The average molecular weight is 350 g/mol. The van der Waals surface area contributed by atoms with Crippen LogP contribution >= 0.6 is 11.3 Å². The van der Waals surface area contributed by atoms with Crippen molar-refractivity contribution in [1.29, 1.82) is 0 Å². The van der Waals surface area contributed by atoms with Gasteiger partial charge in [0.05, 0.1) is 12.2 Å². The van der Waals surface area contributed by atoms with Gasteiger partial charge >= 0.3 is 0 Å². The number of thiophene rings is 1. The van der Waals surface area contributed by atoms with Crippen molar-refractivity contribution in [2.45, 2.75) is 24.7 Å². The van der Waals surface area contributed by atoms with Crippen molar-refractivity contribution in [2.75, 3.05) is 17.3 Å². The number of hydrogen-bond acceptors (Lipinski definition) is 7. The van der Waals surface area contributed by atoms with Gasteiger partial charge in [0.15, 0.2) is 0 Å². The fourth-order valence-corrected chi connectivity index (χ4v) is 5.18. The van der Waals surface area contributed by atoms with Gasteiger partial charge < -0.3 is 5.32 Å². The van der Waals surface area contributed by atoms with Crippen LogP contribution in [0.1, 0.15) is 18.9 Å². The highest BCUT2D eigenvalue weighted by Gasteiger charge is 2.30. The van der Waals surface area contributed by atoms with Crippen LogP contribution in [0.15, 0.2) is 14.7 Å². The molecule has 0 fully saturated rings. The molecule has 0 atom stereocenters. The number of hydrogen-bond donors (Lipinski definition) is 1. The molecule has 0 radical (unpaired) electrons. The summed E-state index contributed by atoms with van der Waals surface area (Å²) in [5.41, 5.74) is 0.429. The summed E-state index contributed by atoms with van der Waals surface area (Å²) in [5.74, 6) is -0.240. The van der Waals surface area contributed by atoms with Gasteiger partial charge in [-0.2, -0.15) is 8.42 Å². The second-order valence-corrected chi connectivity index (χ2v) is 9.50. The Kier molecular flexibility index (Phi) is 4.22. The Hall–Kier alpha value is -1.26. The normalized spacial score (nSPS) is 16.8. The zero-order valence-electron chi connectivity index (χ0n) is 11.4. The van der Waals surface area contributed by atoms with E-state index >= 15 is 0 Å². The van der Waals surface area contributed by atoms with Gasteiger partial charge in [0.25, 0.3) is 10.0 Å². The minimum Gasteiger partial charge on any atom is -0.333 e. The van der Waals surface area contributed by atoms with Crippen LogP contribution in [0, 0.1) is 0 Å². The van der Waals surface area contributed by atoms with E-state index in [-0.39, 0.29) is 35.1 Å². The summed E-state index contributed by atoms with van der Waals surface area (Å²) in [4.78, 5) is 11.1. The summed E-state index contributed by atoms with van der Waals surface area (Å²) in [6.45, 7) is 1.35. The second kappa shape index (κ2) is 5.50. The number of anilines is 1. The van der Waals surface area contributed by atoms with Crippen molar-refractivity contribution >= 4 is 47.8 Å². The first-order valence-corrected chi connectivity index (χ1v) is 10.3. The van der Waals surface area contributed by atoms with Gasteiger partial charge in [0.1, 0.15) is 31.4 Å². The number of amidine groups is 1. The van der Waals surface area contributed by atoms with E-state index in [1.165, 1.54) is 6.92 Å². The number of aryl methyl sites for hydroxylation is 1. The van der Waals surface area contributed by atoms with Gasteiger partial charge in [-0.3, -0.25) is 4.79 Å². The minimum absolute atomic E-state index is 0.0171. The second-order valence-electron chi connectivity index (χ2n) is 4.82. The molecule has 7 nitrogen and oxygen atoms in total. The van der Waals surface area contributed by atoms with Crippen molar-refractivity contribution in [3.05, 3.63) is 10.9 Å². The number of Topliss-reactive ketones (excluding diaryl/α,β-unsaturated/α-hetero) is 1. The fraction of sp³-hybridized carbons (Fsp3) is 0.455. The summed E-state index contributed by atoms with van der Waals surface area (Å²) < 4.78 is 50.4. The number of sulfonamides is 1. The van der Waals surface area contributed by atoms with Crippen LogP contribution in [-0.2, 0) is 31.1 Å². The van der Waals surface area contributed by atoms with E-state index in [2.05, 4.69) is 9.71 Å². The van der Waals surface area contributed by atoms with E-state index in [0.717, 1.165) is 17.6 Å². The quantitative estimate of drug-likeness (QED) is 0.842. The van der Waals surface area contributed by atoms with Crippen molar-refractivity contribution in [3.8, 4) is 0 Å². The van der Waals surface area contributed by atoms with Gasteiger partial charge in [-0.25, -0.2) is 8.42 Å². The van der Waals surface area contributed by atoms with Crippen LogP contribution in [0.25, 0.3) is 0 Å². The molecule has 2 heterocycles. The van der Waals surface area contributed by atoms with E-state index in [0.29, 0.717) is 10.6 Å². The van der Waals surface area contributed by atoms with Crippen LogP contribution < -0.4 is 5.32 Å². The SMILES string of the molecule is CC(=O)CC1=NS(=O)(=O)c2c(CCS(C)(=O)=O)csc2N1. The molecule has 21 heavy (non-hydrogen) atoms. The highest BCUT2D eigenvalue weighted by molar-refractivity contribution is 7.91. The summed E-state index contributed by atoms with van der Waals surface area (Å²) in [5, 5.41) is 4.80. The van der Waals surface area contributed by atoms with Crippen LogP contribution in [-0.4, -0.2) is 40.5 Å². The molecule has 1 aromatic rings. The molecule has 0 amide bonds. The number of ketones is 1. The lowest BCUT2D eigenvalue weighted by molar-refractivity contribution is -0.115. The van der Waals surface area contributed by atoms with Gasteiger partial charge in [0, 0.05) is 6.26 Å². The predicted octanol–water partition coefficient (Wildman–Crippen LogP) is 0.827. The minimum atomic E-state index is -3.90. The van der Waals surface area contributed by atoms with Gasteiger partial charge in [0.2, 0.25) is 0 Å². The molecule has 0 aliphatic carbocycles. The Bertz CT molecular complexity index is 818. The molecule has 0 saturated carbocycles. The van der Waals surface area contributed by atoms with Crippen LogP contribution in [0.3, 0.4) is 0 Å². The summed E-state index contributed by atoms with van der Waals surface area (Å²) >= 11 is 1.16.